The third-order valence-corrected chi connectivity index (χ3v) is 6.99. The highest BCUT2D eigenvalue weighted by molar-refractivity contribution is 6.04. The number of aromatic nitrogens is 2. The number of methoxy groups -OCH3 is 2. The number of aromatic hydroxyl groups is 1. The first-order chi connectivity index (χ1) is 20.0. The van der Waals surface area contributed by atoms with Crippen molar-refractivity contribution >= 4 is 16.9 Å². The van der Waals surface area contributed by atoms with Crippen LogP contribution in [0.25, 0.3) is 27.7 Å². The molecule has 8 nitrogen and oxygen atoms in total. The Morgan fingerprint density at radius 1 is 0.952 bits per heavy atom. The minimum Gasteiger partial charge on any atom is -0.507 e. The fraction of sp³-hybridized carbons (Fsp3) is 0.188. The zero-order valence-corrected chi connectivity index (χ0v) is 23.3. The van der Waals surface area contributed by atoms with E-state index in [4.69, 9.17) is 14.2 Å². The van der Waals surface area contributed by atoms with Crippen LogP contribution in [0.1, 0.15) is 29.9 Å². The van der Waals surface area contributed by atoms with Crippen LogP contribution in [0.4, 0.5) is 8.78 Å². The Balaban J connectivity index is 1.81. The lowest BCUT2D eigenvalue weighted by atomic mass is 9.84. The summed E-state index contributed by atoms with van der Waals surface area (Å²) < 4.78 is 47.7. The van der Waals surface area contributed by atoms with Gasteiger partial charge < -0.3 is 29.0 Å². The maximum Gasteiger partial charge on any atom is 0.335 e. The van der Waals surface area contributed by atoms with Crippen molar-refractivity contribution in [2.24, 2.45) is 0 Å². The minimum absolute atomic E-state index is 0.0233. The van der Waals surface area contributed by atoms with Crippen LogP contribution in [-0.2, 0) is 5.41 Å². The van der Waals surface area contributed by atoms with Crippen LogP contribution in [-0.4, -0.2) is 46.6 Å². The number of carboxylic acid groups (broad SMARTS) is 1. The topological polar surface area (TPSA) is 103 Å². The second-order valence-electron chi connectivity index (χ2n) is 10.3. The third-order valence-electron chi connectivity index (χ3n) is 6.99. The number of benzene rings is 3. The standard InChI is InChI=1S/C32H28F2N2O6/c1-32(2,17-42-23-14-22(40-3)15-35-16-23)30-28(18-5-7-19(8-6-18)31(38)39)29-25(11-20(33)12-26(29)37)36(30)21-9-10-24(34)27(13-21)41-4/h5-16,37H,17H2,1-4H3,(H,38,39). The largest absolute Gasteiger partial charge is 0.507 e. The highest BCUT2D eigenvalue weighted by atomic mass is 19.1. The number of rotatable bonds is 9. The highest BCUT2D eigenvalue weighted by Crippen LogP contribution is 2.47. The summed E-state index contributed by atoms with van der Waals surface area (Å²) in [5, 5.41) is 20.9. The quantitative estimate of drug-likeness (QED) is 0.201. The first-order valence-corrected chi connectivity index (χ1v) is 12.9. The Morgan fingerprint density at radius 2 is 1.67 bits per heavy atom. The number of hydrogen-bond acceptors (Lipinski definition) is 6. The van der Waals surface area contributed by atoms with Gasteiger partial charge in [-0.3, -0.25) is 4.98 Å². The number of carboxylic acids is 1. The minimum atomic E-state index is -1.09. The monoisotopic (exact) mass is 574 g/mol. The molecule has 216 valence electrons. The maximum atomic E-state index is 14.9. The van der Waals surface area contributed by atoms with Gasteiger partial charge in [0.2, 0.25) is 0 Å². The predicted molar refractivity (Wildman–Crippen MR) is 153 cm³/mol. The van der Waals surface area contributed by atoms with Gasteiger partial charge in [-0.1, -0.05) is 26.0 Å². The summed E-state index contributed by atoms with van der Waals surface area (Å²) in [7, 11) is 2.87. The molecule has 0 radical (unpaired) electrons. The number of aromatic carboxylic acids is 1. The average Bonchev–Trinajstić information content (AvgIpc) is 3.33. The summed E-state index contributed by atoms with van der Waals surface area (Å²) >= 11 is 0. The lowest BCUT2D eigenvalue weighted by Gasteiger charge is -2.29. The molecule has 0 amide bonds. The van der Waals surface area contributed by atoms with E-state index in [2.05, 4.69) is 4.98 Å². The molecule has 2 N–H and O–H groups in total. The van der Waals surface area contributed by atoms with Crippen LogP contribution in [0.15, 0.2) is 73.1 Å². The molecule has 3 aromatic carbocycles. The average molecular weight is 575 g/mol. The smallest absolute Gasteiger partial charge is 0.335 e. The van der Waals surface area contributed by atoms with Crippen molar-refractivity contribution in [2.45, 2.75) is 19.3 Å². The molecule has 0 aliphatic heterocycles. The summed E-state index contributed by atoms with van der Waals surface area (Å²) in [5.74, 6) is -1.72. The van der Waals surface area contributed by atoms with E-state index in [-0.39, 0.29) is 23.7 Å². The number of phenols is 1. The van der Waals surface area contributed by atoms with Crippen molar-refractivity contribution in [3.63, 3.8) is 0 Å². The van der Waals surface area contributed by atoms with Crippen LogP contribution >= 0.6 is 0 Å². The Bertz CT molecular complexity index is 1800. The third kappa shape index (κ3) is 5.18. The number of carbonyl (C=O) groups is 1. The van der Waals surface area contributed by atoms with Gasteiger partial charge in [0, 0.05) is 40.6 Å². The number of ether oxygens (including phenoxy) is 3. The molecular formula is C32H28F2N2O6. The maximum absolute atomic E-state index is 14.9. The number of phenolic OH excluding ortho intramolecular Hbond substituents is 1. The summed E-state index contributed by atoms with van der Waals surface area (Å²) in [6.45, 7) is 3.92. The van der Waals surface area contributed by atoms with Gasteiger partial charge in [-0.15, -0.1) is 0 Å². The van der Waals surface area contributed by atoms with Crippen molar-refractivity contribution in [1.29, 1.82) is 0 Å². The molecule has 2 heterocycles. The van der Waals surface area contributed by atoms with E-state index in [1.807, 2.05) is 13.8 Å². The lowest BCUT2D eigenvalue weighted by molar-refractivity contribution is 0.0697. The highest BCUT2D eigenvalue weighted by Gasteiger charge is 2.34. The second-order valence-corrected chi connectivity index (χ2v) is 10.3. The molecule has 0 bridgehead atoms. The summed E-state index contributed by atoms with van der Waals surface area (Å²) in [6, 6.07) is 14.4. The van der Waals surface area contributed by atoms with E-state index >= 15 is 0 Å². The molecule has 2 aromatic heterocycles. The molecule has 0 aliphatic rings. The van der Waals surface area contributed by atoms with Gasteiger partial charge >= 0.3 is 5.97 Å². The van der Waals surface area contributed by atoms with Gasteiger partial charge in [-0.2, -0.15) is 0 Å². The number of halogens is 2. The van der Waals surface area contributed by atoms with Crippen molar-refractivity contribution in [2.75, 3.05) is 20.8 Å². The van der Waals surface area contributed by atoms with E-state index in [1.165, 1.54) is 50.6 Å². The summed E-state index contributed by atoms with van der Waals surface area (Å²) in [6.07, 6.45) is 3.10. The van der Waals surface area contributed by atoms with Crippen molar-refractivity contribution in [3.05, 3.63) is 95.9 Å². The van der Waals surface area contributed by atoms with E-state index in [0.29, 0.717) is 44.9 Å². The molecule has 42 heavy (non-hydrogen) atoms. The Labute approximate surface area is 240 Å². The van der Waals surface area contributed by atoms with Gasteiger partial charge in [0.25, 0.3) is 0 Å². The van der Waals surface area contributed by atoms with Crippen molar-refractivity contribution in [1.82, 2.24) is 9.55 Å². The molecular weight excluding hydrogens is 546 g/mol. The molecule has 10 heteroatoms. The first kappa shape index (κ1) is 28.4. The van der Waals surface area contributed by atoms with E-state index in [9.17, 15) is 23.8 Å². The fourth-order valence-corrected chi connectivity index (χ4v) is 5.04. The van der Waals surface area contributed by atoms with Gasteiger partial charge in [0.15, 0.2) is 11.6 Å². The molecule has 0 atom stereocenters. The molecule has 0 spiro atoms. The molecule has 5 rings (SSSR count). The zero-order chi connectivity index (χ0) is 30.2. The van der Waals surface area contributed by atoms with Crippen LogP contribution in [0, 0.1) is 11.6 Å². The fourth-order valence-electron chi connectivity index (χ4n) is 5.04. The molecule has 0 saturated carbocycles. The Kier molecular flexibility index (Phi) is 7.47. The lowest BCUT2D eigenvalue weighted by Crippen LogP contribution is -2.29. The molecule has 5 aromatic rings. The molecule has 0 fully saturated rings. The van der Waals surface area contributed by atoms with Crippen molar-refractivity contribution < 1.29 is 38.0 Å². The Morgan fingerprint density at radius 3 is 2.33 bits per heavy atom. The van der Waals surface area contributed by atoms with Gasteiger partial charge in [0.05, 0.1) is 49.7 Å². The van der Waals surface area contributed by atoms with Gasteiger partial charge in [-0.25, -0.2) is 13.6 Å². The van der Waals surface area contributed by atoms with Gasteiger partial charge in [-0.05, 0) is 35.9 Å². The van der Waals surface area contributed by atoms with Crippen LogP contribution in [0.3, 0.4) is 0 Å². The second kappa shape index (κ2) is 11.0. The van der Waals surface area contributed by atoms with E-state index in [1.54, 1.807) is 35.2 Å². The first-order valence-electron chi connectivity index (χ1n) is 12.9. The Hall–Kier alpha value is -5.12. The summed E-state index contributed by atoms with van der Waals surface area (Å²) in [5.41, 5.74) is 1.67. The number of fused-ring (bicyclic) bond motifs is 1. The molecule has 0 aliphatic carbocycles. The van der Waals surface area contributed by atoms with Crippen LogP contribution < -0.4 is 14.2 Å². The van der Waals surface area contributed by atoms with Crippen molar-refractivity contribution in [3.8, 4) is 39.8 Å². The number of nitrogens with zero attached hydrogens (tertiary/aromatic N) is 2. The molecule has 0 unspecified atom stereocenters. The summed E-state index contributed by atoms with van der Waals surface area (Å²) in [4.78, 5) is 15.7. The van der Waals surface area contributed by atoms with E-state index in [0.717, 1.165) is 6.07 Å². The predicted octanol–water partition coefficient (Wildman–Crippen LogP) is 6.75. The van der Waals surface area contributed by atoms with Gasteiger partial charge in [0.1, 0.15) is 23.1 Å². The SMILES string of the molecule is COc1cncc(OCC(C)(C)c2c(-c3ccc(C(=O)O)cc3)c3c(O)cc(F)cc3n2-c2ccc(F)c(OC)c2)c1. The number of pyridine rings is 1. The molecule has 0 saturated heterocycles. The van der Waals surface area contributed by atoms with Crippen LogP contribution in [0.2, 0.25) is 0 Å². The zero-order valence-electron chi connectivity index (χ0n) is 23.3. The van der Waals surface area contributed by atoms with Crippen LogP contribution in [0.5, 0.6) is 23.0 Å². The normalized spacial score (nSPS) is 11.5. The number of hydrogen-bond donors (Lipinski definition) is 2. The van der Waals surface area contributed by atoms with E-state index < -0.39 is 23.0 Å².